The number of hydrogen-bond donors (Lipinski definition) is 2. The Kier molecular flexibility index (Phi) is 4.85. The van der Waals surface area contributed by atoms with Crippen LogP contribution in [0.15, 0.2) is 59.4 Å². The van der Waals surface area contributed by atoms with E-state index in [0.717, 1.165) is 28.6 Å². The molecule has 0 atom stereocenters. The average Bonchev–Trinajstić information content (AvgIpc) is 2.70. The largest absolute Gasteiger partial charge is 0.294 e. The lowest BCUT2D eigenvalue weighted by atomic mass is 10.0. The fourth-order valence-corrected chi connectivity index (χ4v) is 3.27. The SMILES string of the molecule is CCCc1c(-c2ccccc2)nc(Nc2nc(C)c3ccccc3n2)[nH]c1=O. The van der Waals surface area contributed by atoms with Crippen molar-refractivity contribution < 1.29 is 0 Å². The number of hydrogen-bond acceptors (Lipinski definition) is 5. The number of aryl methyl sites for hydroxylation is 1. The second-order valence-electron chi connectivity index (χ2n) is 6.63. The molecule has 28 heavy (non-hydrogen) atoms. The quantitative estimate of drug-likeness (QED) is 0.544. The summed E-state index contributed by atoms with van der Waals surface area (Å²) in [6.07, 6.45) is 1.53. The highest BCUT2D eigenvalue weighted by molar-refractivity contribution is 5.81. The van der Waals surface area contributed by atoms with Crippen LogP contribution in [0.2, 0.25) is 0 Å². The molecule has 4 rings (SSSR count). The molecule has 0 unspecified atom stereocenters. The van der Waals surface area contributed by atoms with Crippen molar-refractivity contribution in [2.75, 3.05) is 5.32 Å². The van der Waals surface area contributed by atoms with E-state index in [4.69, 9.17) is 0 Å². The third-order valence-electron chi connectivity index (χ3n) is 4.59. The smallest absolute Gasteiger partial charge is 0.256 e. The molecule has 0 aliphatic carbocycles. The molecule has 6 heteroatoms. The van der Waals surface area contributed by atoms with Crippen LogP contribution in [0.4, 0.5) is 11.9 Å². The molecule has 0 aliphatic heterocycles. The zero-order valence-electron chi connectivity index (χ0n) is 15.9. The van der Waals surface area contributed by atoms with E-state index in [0.29, 0.717) is 29.6 Å². The molecule has 2 aromatic heterocycles. The zero-order valence-corrected chi connectivity index (χ0v) is 15.9. The maximum Gasteiger partial charge on any atom is 0.256 e. The normalized spacial score (nSPS) is 10.9. The number of benzene rings is 2. The molecule has 0 spiro atoms. The Bertz CT molecular complexity index is 1180. The summed E-state index contributed by atoms with van der Waals surface area (Å²) in [7, 11) is 0. The van der Waals surface area contributed by atoms with Gasteiger partial charge in [0.2, 0.25) is 11.9 Å². The van der Waals surface area contributed by atoms with Crippen molar-refractivity contribution in [3.8, 4) is 11.3 Å². The molecule has 0 radical (unpaired) electrons. The zero-order chi connectivity index (χ0) is 19.5. The number of para-hydroxylation sites is 1. The van der Waals surface area contributed by atoms with E-state index in [1.807, 2.05) is 68.4 Å². The van der Waals surface area contributed by atoms with Crippen molar-refractivity contribution in [1.82, 2.24) is 19.9 Å². The number of fused-ring (bicyclic) bond motifs is 1. The molecule has 2 N–H and O–H groups in total. The number of aromatic nitrogens is 4. The standard InChI is InChI=1S/C22H21N5O/c1-3-9-17-19(15-10-5-4-6-11-15)25-22(26-20(17)28)27-21-23-14(2)16-12-7-8-13-18(16)24-21/h4-8,10-13H,3,9H2,1-2H3,(H2,23,24,25,26,27,28). The first-order valence-corrected chi connectivity index (χ1v) is 9.34. The van der Waals surface area contributed by atoms with Gasteiger partial charge in [-0.15, -0.1) is 0 Å². The molecule has 0 bridgehead atoms. The Labute approximate surface area is 162 Å². The average molecular weight is 371 g/mol. The Morgan fingerprint density at radius 1 is 0.964 bits per heavy atom. The van der Waals surface area contributed by atoms with E-state index in [-0.39, 0.29) is 5.56 Å². The summed E-state index contributed by atoms with van der Waals surface area (Å²) in [5, 5.41) is 4.07. The molecular weight excluding hydrogens is 350 g/mol. The van der Waals surface area contributed by atoms with Gasteiger partial charge >= 0.3 is 0 Å². The highest BCUT2D eigenvalue weighted by Gasteiger charge is 2.14. The van der Waals surface area contributed by atoms with Crippen LogP contribution in [0.3, 0.4) is 0 Å². The fourth-order valence-electron chi connectivity index (χ4n) is 3.27. The van der Waals surface area contributed by atoms with Crippen molar-refractivity contribution in [3.05, 3.63) is 76.2 Å². The van der Waals surface area contributed by atoms with E-state index < -0.39 is 0 Å². The van der Waals surface area contributed by atoms with Gasteiger partial charge in [-0.3, -0.25) is 15.1 Å². The van der Waals surface area contributed by atoms with E-state index in [9.17, 15) is 4.79 Å². The van der Waals surface area contributed by atoms with Gasteiger partial charge in [0.15, 0.2) is 0 Å². The first kappa shape index (κ1) is 17.9. The number of aromatic amines is 1. The summed E-state index contributed by atoms with van der Waals surface area (Å²) in [6.45, 7) is 3.98. The van der Waals surface area contributed by atoms with Gasteiger partial charge in [-0.25, -0.2) is 15.0 Å². The van der Waals surface area contributed by atoms with E-state index in [2.05, 4.69) is 25.3 Å². The maximum absolute atomic E-state index is 12.7. The number of anilines is 2. The van der Waals surface area contributed by atoms with Crippen LogP contribution in [0.25, 0.3) is 22.2 Å². The van der Waals surface area contributed by atoms with Crippen LogP contribution < -0.4 is 10.9 Å². The van der Waals surface area contributed by atoms with Crippen LogP contribution in [-0.4, -0.2) is 19.9 Å². The van der Waals surface area contributed by atoms with Crippen molar-refractivity contribution in [2.24, 2.45) is 0 Å². The van der Waals surface area contributed by atoms with Gasteiger partial charge in [0.05, 0.1) is 16.9 Å². The molecule has 140 valence electrons. The lowest BCUT2D eigenvalue weighted by molar-refractivity contribution is 0.889. The maximum atomic E-state index is 12.7. The molecule has 0 saturated heterocycles. The lowest BCUT2D eigenvalue weighted by Gasteiger charge is -2.11. The number of nitrogens with one attached hydrogen (secondary N) is 2. The van der Waals surface area contributed by atoms with Crippen LogP contribution in [0.1, 0.15) is 24.6 Å². The summed E-state index contributed by atoms with van der Waals surface area (Å²) in [5.41, 5.74) is 3.85. The minimum absolute atomic E-state index is 0.143. The van der Waals surface area contributed by atoms with Crippen molar-refractivity contribution in [1.29, 1.82) is 0 Å². The van der Waals surface area contributed by atoms with Gasteiger partial charge in [0.1, 0.15) is 0 Å². The molecule has 2 heterocycles. The Balaban J connectivity index is 1.79. The summed E-state index contributed by atoms with van der Waals surface area (Å²) in [4.78, 5) is 29.3. The van der Waals surface area contributed by atoms with E-state index >= 15 is 0 Å². The minimum Gasteiger partial charge on any atom is -0.294 e. The molecule has 0 fully saturated rings. The Morgan fingerprint density at radius 3 is 2.50 bits per heavy atom. The van der Waals surface area contributed by atoms with Gasteiger partial charge in [-0.1, -0.05) is 61.9 Å². The number of nitrogens with zero attached hydrogens (tertiary/aromatic N) is 3. The van der Waals surface area contributed by atoms with E-state index in [1.54, 1.807) is 0 Å². The van der Waals surface area contributed by atoms with E-state index in [1.165, 1.54) is 0 Å². The van der Waals surface area contributed by atoms with Gasteiger partial charge in [0, 0.05) is 16.5 Å². The predicted octanol–water partition coefficient (Wildman–Crippen LogP) is 4.38. The molecule has 6 nitrogen and oxygen atoms in total. The highest BCUT2D eigenvalue weighted by Crippen LogP contribution is 2.23. The molecule has 4 aromatic rings. The lowest BCUT2D eigenvalue weighted by Crippen LogP contribution is -2.18. The number of rotatable bonds is 5. The first-order chi connectivity index (χ1) is 13.7. The summed E-state index contributed by atoms with van der Waals surface area (Å²) in [6, 6.07) is 17.6. The monoisotopic (exact) mass is 371 g/mol. The third-order valence-corrected chi connectivity index (χ3v) is 4.59. The van der Waals surface area contributed by atoms with Crippen molar-refractivity contribution in [3.63, 3.8) is 0 Å². The van der Waals surface area contributed by atoms with Gasteiger partial charge in [-0.2, -0.15) is 0 Å². The molecule has 0 aliphatic rings. The Morgan fingerprint density at radius 2 is 1.71 bits per heavy atom. The number of H-pyrrole nitrogens is 1. The third kappa shape index (κ3) is 3.49. The van der Waals surface area contributed by atoms with Gasteiger partial charge in [0.25, 0.3) is 5.56 Å². The van der Waals surface area contributed by atoms with Gasteiger partial charge in [-0.05, 0) is 19.4 Å². The van der Waals surface area contributed by atoms with Crippen LogP contribution in [0.5, 0.6) is 0 Å². The molecule has 0 saturated carbocycles. The van der Waals surface area contributed by atoms with Crippen LogP contribution >= 0.6 is 0 Å². The first-order valence-electron chi connectivity index (χ1n) is 9.34. The van der Waals surface area contributed by atoms with Crippen molar-refractivity contribution >= 4 is 22.8 Å². The summed E-state index contributed by atoms with van der Waals surface area (Å²) in [5.74, 6) is 0.736. The van der Waals surface area contributed by atoms with Crippen molar-refractivity contribution in [2.45, 2.75) is 26.7 Å². The summed E-state index contributed by atoms with van der Waals surface area (Å²) < 4.78 is 0. The van der Waals surface area contributed by atoms with Gasteiger partial charge < -0.3 is 0 Å². The van der Waals surface area contributed by atoms with Crippen LogP contribution in [0, 0.1) is 6.92 Å². The van der Waals surface area contributed by atoms with Crippen LogP contribution in [-0.2, 0) is 6.42 Å². The summed E-state index contributed by atoms with van der Waals surface area (Å²) >= 11 is 0. The molecular formula is C22H21N5O. The molecule has 2 aromatic carbocycles. The predicted molar refractivity (Wildman–Crippen MR) is 112 cm³/mol. The highest BCUT2D eigenvalue weighted by atomic mass is 16.1. The Hall–Kier alpha value is -3.54. The topological polar surface area (TPSA) is 83.6 Å². The minimum atomic E-state index is -0.143. The second kappa shape index (κ2) is 7.60. The fraction of sp³-hybridized carbons (Fsp3) is 0.182. The second-order valence-corrected chi connectivity index (χ2v) is 6.63. The molecule has 0 amide bonds.